The third-order valence-corrected chi connectivity index (χ3v) is 5.85. The molecule has 6 nitrogen and oxygen atoms in total. The van der Waals surface area contributed by atoms with Crippen molar-refractivity contribution < 1.29 is 9.53 Å². The molecule has 1 saturated heterocycles. The zero-order valence-electron chi connectivity index (χ0n) is 15.4. The first-order chi connectivity index (χ1) is 13.3. The minimum absolute atomic E-state index is 0.0503. The molecule has 1 fully saturated rings. The second-order valence-electron chi connectivity index (χ2n) is 7.56. The number of rotatable bonds is 2. The van der Waals surface area contributed by atoms with Gasteiger partial charge in [-0.15, -0.1) is 0 Å². The lowest BCUT2D eigenvalue weighted by atomic mass is 9.96. The van der Waals surface area contributed by atoms with Gasteiger partial charge in [0, 0.05) is 31.3 Å². The standard InChI is InChI=1S/C21H24N4O2/c26-21(19-16-5-2-1-4-14(16)8-11-27-19)25-10-7-17-15(13-25)12-23-20(24-17)18-6-3-9-22-18/h1-2,4-5,12,18-19,22H,3,6-11,13H2/t18-,19-/m0/s1. The number of carbonyl (C=O) groups is 1. The van der Waals surface area contributed by atoms with Crippen LogP contribution in [0.1, 0.15) is 53.2 Å². The first kappa shape index (κ1) is 16.8. The Bertz CT molecular complexity index is 863. The average molecular weight is 364 g/mol. The van der Waals surface area contributed by atoms with Crippen LogP contribution in [0.25, 0.3) is 0 Å². The van der Waals surface area contributed by atoms with Crippen molar-refractivity contribution in [2.75, 3.05) is 19.7 Å². The minimum atomic E-state index is -0.487. The molecule has 27 heavy (non-hydrogen) atoms. The largest absolute Gasteiger partial charge is 0.363 e. The van der Waals surface area contributed by atoms with Crippen molar-refractivity contribution in [3.05, 3.63) is 58.7 Å². The monoisotopic (exact) mass is 364 g/mol. The summed E-state index contributed by atoms with van der Waals surface area (Å²) in [4.78, 5) is 24.4. The Hall–Kier alpha value is -2.31. The van der Waals surface area contributed by atoms with Gasteiger partial charge in [-0.25, -0.2) is 9.97 Å². The smallest absolute Gasteiger partial charge is 0.256 e. The van der Waals surface area contributed by atoms with E-state index < -0.39 is 6.10 Å². The van der Waals surface area contributed by atoms with Crippen LogP contribution in [0.15, 0.2) is 30.5 Å². The molecule has 6 heteroatoms. The van der Waals surface area contributed by atoms with Gasteiger partial charge in [0.25, 0.3) is 5.91 Å². The van der Waals surface area contributed by atoms with Crippen molar-refractivity contribution in [2.45, 2.75) is 44.4 Å². The van der Waals surface area contributed by atoms with Crippen LogP contribution in [0, 0.1) is 0 Å². The van der Waals surface area contributed by atoms with Crippen molar-refractivity contribution in [3.8, 4) is 0 Å². The highest BCUT2D eigenvalue weighted by Gasteiger charge is 2.33. The topological polar surface area (TPSA) is 67.3 Å². The van der Waals surface area contributed by atoms with E-state index in [4.69, 9.17) is 9.72 Å². The van der Waals surface area contributed by atoms with E-state index >= 15 is 0 Å². The van der Waals surface area contributed by atoms with Gasteiger partial charge >= 0.3 is 0 Å². The predicted octanol–water partition coefficient (Wildman–Crippen LogP) is 2.10. The quantitative estimate of drug-likeness (QED) is 0.884. The van der Waals surface area contributed by atoms with Crippen molar-refractivity contribution in [3.63, 3.8) is 0 Å². The molecule has 3 aliphatic heterocycles. The summed E-state index contributed by atoms with van der Waals surface area (Å²) in [6.45, 7) is 2.88. The highest BCUT2D eigenvalue weighted by Crippen LogP contribution is 2.30. The normalized spacial score (nSPS) is 24.4. The molecular formula is C21H24N4O2. The summed E-state index contributed by atoms with van der Waals surface area (Å²) >= 11 is 0. The van der Waals surface area contributed by atoms with E-state index in [2.05, 4.69) is 16.4 Å². The third kappa shape index (κ3) is 3.13. The van der Waals surface area contributed by atoms with E-state index in [0.29, 0.717) is 19.7 Å². The maximum Gasteiger partial charge on any atom is 0.256 e. The van der Waals surface area contributed by atoms with Crippen LogP contribution in [-0.4, -0.2) is 40.5 Å². The Morgan fingerprint density at radius 2 is 2.15 bits per heavy atom. The van der Waals surface area contributed by atoms with Crippen LogP contribution in [0.5, 0.6) is 0 Å². The molecule has 1 amide bonds. The van der Waals surface area contributed by atoms with E-state index in [0.717, 1.165) is 48.5 Å². The van der Waals surface area contributed by atoms with Gasteiger partial charge in [0.05, 0.1) is 18.3 Å². The van der Waals surface area contributed by atoms with Crippen molar-refractivity contribution in [1.82, 2.24) is 20.2 Å². The van der Waals surface area contributed by atoms with E-state index in [-0.39, 0.29) is 11.9 Å². The fourth-order valence-electron chi connectivity index (χ4n) is 4.36. The van der Waals surface area contributed by atoms with Gasteiger partial charge in [0.1, 0.15) is 5.82 Å². The first-order valence-corrected chi connectivity index (χ1v) is 9.86. The van der Waals surface area contributed by atoms with Crippen molar-refractivity contribution in [1.29, 1.82) is 0 Å². The van der Waals surface area contributed by atoms with Crippen LogP contribution in [0.4, 0.5) is 0 Å². The molecule has 0 bridgehead atoms. The summed E-state index contributed by atoms with van der Waals surface area (Å²) in [6.07, 6.45) is 5.34. The lowest BCUT2D eigenvalue weighted by molar-refractivity contribution is -0.146. The Kier molecular flexibility index (Phi) is 4.38. The number of carbonyl (C=O) groups excluding carboxylic acids is 1. The molecular weight excluding hydrogens is 340 g/mol. The zero-order chi connectivity index (χ0) is 18.2. The van der Waals surface area contributed by atoms with Crippen LogP contribution < -0.4 is 5.32 Å². The van der Waals surface area contributed by atoms with E-state index in [1.807, 2.05) is 29.3 Å². The maximum atomic E-state index is 13.2. The predicted molar refractivity (Wildman–Crippen MR) is 100.0 cm³/mol. The Labute approximate surface area is 159 Å². The molecule has 1 aromatic heterocycles. The van der Waals surface area contributed by atoms with Crippen LogP contribution in [-0.2, 0) is 28.9 Å². The number of fused-ring (bicyclic) bond motifs is 2. The number of amides is 1. The van der Waals surface area contributed by atoms with Crippen molar-refractivity contribution >= 4 is 5.91 Å². The van der Waals surface area contributed by atoms with Gasteiger partial charge in [-0.1, -0.05) is 24.3 Å². The van der Waals surface area contributed by atoms with Crippen LogP contribution in [0.2, 0.25) is 0 Å². The number of benzene rings is 1. The Morgan fingerprint density at radius 3 is 3.04 bits per heavy atom. The lowest BCUT2D eigenvalue weighted by Gasteiger charge is -2.33. The molecule has 0 aliphatic carbocycles. The fourth-order valence-corrected chi connectivity index (χ4v) is 4.36. The second-order valence-corrected chi connectivity index (χ2v) is 7.56. The van der Waals surface area contributed by atoms with E-state index in [9.17, 15) is 4.79 Å². The van der Waals surface area contributed by atoms with Crippen LogP contribution >= 0.6 is 0 Å². The molecule has 5 rings (SSSR count). The SMILES string of the molecule is O=C([C@H]1OCCc2ccccc21)N1CCc2nc([C@@H]3CCCN3)ncc2C1. The molecule has 1 aromatic carbocycles. The first-order valence-electron chi connectivity index (χ1n) is 9.86. The molecule has 0 radical (unpaired) electrons. The zero-order valence-corrected chi connectivity index (χ0v) is 15.4. The third-order valence-electron chi connectivity index (χ3n) is 5.85. The molecule has 140 valence electrons. The van der Waals surface area contributed by atoms with Gasteiger partial charge in [0.2, 0.25) is 0 Å². The highest BCUT2D eigenvalue weighted by atomic mass is 16.5. The van der Waals surface area contributed by atoms with Gasteiger partial charge in [-0.2, -0.15) is 0 Å². The lowest BCUT2D eigenvalue weighted by Crippen LogP contribution is -2.41. The number of nitrogens with one attached hydrogen (secondary N) is 1. The summed E-state index contributed by atoms with van der Waals surface area (Å²) in [7, 11) is 0. The molecule has 4 heterocycles. The average Bonchev–Trinajstić information content (AvgIpc) is 3.27. The van der Waals surface area contributed by atoms with Gasteiger partial charge in [-0.05, 0) is 36.9 Å². The van der Waals surface area contributed by atoms with Crippen LogP contribution in [0.3, 0.4) is 0 Å². The fraction of sp³-hybridized carbons (Fsp3) is 0.476. The number of ether oxygens (including phenoxy) is 1. The molecule has 3 aliphatic rings. The molecule has 1 N–H and O–H groups in total. The van der Waals surface area contributed by atoms with E-state index in [1.165, 1.54) is 12.0 Å². The highest BCUT2D eigenvalue weighted by molar-refractivity contribution is 5.83. The van der Waals surface area contributed by atoms with Gasteiger partial charge < -0.3 is 15.0 Å². The number of aromatic nitrogens is 2. The summed E-state index contributed by atoms with van der Waals surface area (Å²) < 4.78 is 5.86. The molecule has 0 saturated carbocycles. The van der Waals surface area contributed by atoms with E-state index in [1.54, 1.807) is 0 Å². The second kappa shape index (κ2) is 7.02. The number of nitrogens with zero attached hydrogens (tertiary/aromatic N) is 3. The van der Waals surface area contributed by atoms with Crippen molar-refractivity contribution in [2.24, 2.45) is 0 Å². The summed E-state index contributed by atoms with van der Waals surface area (Å²) in [5, 5.41) is 3.45. The van der Waals surface area contributed by atoms with Gasteiger partial charge in [0.15, 0.2) is 6.10 Å². The molecule has 2 aromatic rings. The summed E-state index contributed by atoms with van der Waals surface area (Å²) in [5.41, 5.74) is 4.37. The molecule has 0 spiro atoms. The van der Waals surface area contributed by atoms with Gasteiger partial charge in [-0.3, -0.25) is 4.79 Å². The maximum absolute atomic E-state index is 13.2. The summed E-state index contributed by atoms with van der Waals surface area (Å²) in [6, 6.07) is 8.39. The number of hydrogen-bond acceptors (Lipinski definition) is 5. The molecule has 0 unspecified atom stereocenters. The Balaban J connectivity index is 1.34. The molecule has 2 atom stereocenters. The summed E-state index contributed by atoms with van der Waals surface area (Å²) in [5.74, 6) is 0.949. The minimum Gasteiger partial charge on any atom is -0.363 e. The number of hydrogen-bond donors (Lipinski definition) is 1. The Morgan fingerprint density at radius 1 is 1.22 bits per heavy atom.